The number of rotatable bonds is 7. The molecule has 0 amide bonds. The summed E-state index contributed by atoms with van der Waals surface area (Å²) < 4.78 is 5.56. The quantitative estimate of drug-likeness (QED) is 0.734. The molecule has 1 aromatic carbocycles. The van der Waals surface area contributed by atoms with Gasteiger partial charge in [0.2, 0.25) is 0 Å². The van der Waals surface area contributed by atoms with Gasteiger partial charge >= 0.3 is 11.9 Å². The van der Waals surface area contributed by atoms with Crippen molar-refractivity contribution in [3.8, 4) is 0 Å². The first-order valence-corrected chi connectivity index (χ1v) is 8.17. The van der Waals surface area contributed by atoms with E-state index in [9.17, 15) is 14.7 Å². The molecule has 2 unspecified atom stereocenters. The van der Waals surface area contributed by atoms with Crippen LogP contribution in [0, 0.1) is 11.3 Å². The van der Waals surface area contributed by atoms with Crippen LogP contribution in [0.4, 0.5) is 0 Å². The van der Waals surface area contributed by atoms with Gasteiger partial charge < -0.3 is 9.84 Å². The number of carbonyl (C=O) groups excluding carboxylic acids is 1. The lowest BCUT2D eigenvalue weighted by molar-refractivity contribution is 0.0219. The van der Waals surface area contributed by atoms with Gasteiger partial charge in [0.05, 0.1) is 11.1 Å². The molecule has 1 N–H and O–H groups in total. The molecule has 1 aromatic rings. The van der Waals surface area contributed by atoms with Crippen molar-refractivity contribution in [2.45, 2.75) is 60.0 Å². The SMILES string of the molecule is CCC(CC(C)CC(C)(C)C)OC(=O)c1ccccc1C(=O)O. The smallest absolute Gasteiger partial charge is 0.339 e. The first-order chi connectivity index (χ1) is 10.6. The van der Waals surface area contributed by atoms with Crippen molar-refractivity contribution >= 4 is 11.9 Å². The number of benzene rings is 1. The molecule has 4 heteroatoms. The summed E-state index contributed by atoms with van der Waals surface area (Å²) in [5, 5.41) is 9.17. The maximum atomic E-state index is 12.3. The van der Waals surface area contributed by atoms with E-state index in [1.165, 1.54) is 12.1 Å². The maximum Gasteiger partial charge on any atom is 0.339 e. The summed E-state index contributed by atoms with van der Waals surface area (Å²) in [6, 6.07) is 6.16. The molecule has 0 bridgehead atoms. The molecule has 0 aromatic heterocycles. The van der Waals surface area contributed by atoms with Gasteiger partial charge in [0.1, 0.15) is 6.10 Å². The number of ether oxygens (including phenoxy) is 1. The lowest BCUT2D eigenvalue weighted by atomic mass is 9.83. The van der Waals surface area contributed by atoms with E-state index >= 15 is 0 Å². The van der Waals surface area contributed by atoms with Gasteiger partial charge in [-0.3, -0.25) is 0 Å². The lowest BCUT2D eigenvalue weighted by Crippen LogP contribution is -2.23. The van der Waals surface area contributed by atoms with Crippen LogP contribution in [0.2, 0.25) is 0 Å². The van der Waals surface area contributed by atoms with Crippen molar-refractivity contribution in [2.75, 3.05) is 0 Å². The normalized spacial score (nSPS) is 14.1. The highest BCUT2D eigenvalue weighted by molar-refractivity contribution is 6.02. The number of hydrogen-bond acceptors (Lipinski definition) is 3. The first-order valence-electron chi connectivity index (χ1n) is 8.17. The molecule has 2 atom stereocenters. The largest absolute Gasteiger partial charge is 0.478 e. The van der Waals surface area contributed by atoms with E-state index in [4.69, 9.17) is 4.74 Å². The second kappa shape index (κ2) is 8.14. The van der Waals surface area contributed by atoms with Crippen molar-refractivity contribution in [1.82, 2.24) is 0 Å². The molecular formula is C19H28O4. The van der Waals surface area contributed by atoms with E-state index in [1.54, 1.807) is 12.1 Å². The van der Waals surface area contributed by atoms with Gasteiger partial charge in [-0.25, -0.2) is 9.59 Å². The summed E-state index contributed by atoms with van der Waals surface area (Å²) in [5.41, 5.74) is 0.328. The summed E-state index contributed by atoms with van der Waals surface area (Å²) in [6.07, 6.45) is 2.36. The van der Waals surface area contributed by atoms with Crippen molar-refractivity contribution in [3.63, 3.8) is 0 Å². The molecule has 0 aliphatic rings. The molecule has 0 heterocycles. The number of carboxylic acid groups (broad SMARTS) is 1. The van der Waals surface area contributed by atoms with Crippen LogP contribution in [0.15, 0.2) is 24.3 Å². The number of carbonyl (C=O) groups is 2. The Kier molecular flexibility index (Phi) is 6.79. The molecule has 0 spiro atoms. The minimum atomic E-state index is -1.12. The highest BCUT2D eigenvalue weighted by atomic mass is 16.5. The molecule has 0 saturated carbocycles. The van der Waals surface area contributed by atoms with Crippen LogP contribution in [0.1, 0.15) is 74.6 Å². The maximum absolute atomic E-state index is 12.3. The van der Waals surface area contributed by atoms with E-state index in [0.717, 1.165) is 19.3 Å². The molecule has 0 radical (unpaired) electrons. The molecular weight excluding hydrogens is 292 g/mol. The second-order valence-corrected chi connectivity index (χ2v) is 7.39. The Bertz CT molecular complexity index is 543. The highest BCUT2D eigenvalue weighted by Crippen LogP contribution is 2.28. The van der Waals surface area contributed by atoms with Crippen LogP contribution >= 0.6 is 0 Å². The van der Waals surface area contributed by atoms with Gasteiger partial charge in [0, 0.05) is 0 Å². The van der Waals surface area contributed by atoms with Crippen molar-refractivity contribution in [3.05, 3.63) is 35.4 Å². The third-order valence-electron chi connectivity index (χ3n) is 3.73. The minimum absolute atomic E-state index is 0.0184. The highest BCUT2D eigenvalue weighted by Gasteiger charge is 2.23. The van der Waals surface area contributed by atoms with Gasteiger partial charge in [-0.1, -0.05) is 46.8 Å². The molecule has 0 aliphatic heterocycles. The number of aromatic carboxylic acids is 1. The zero-order valence-corrected chi connectivity index (χ0v) is 14.8. The Hall–Kier alpha value is -1.84. The Morgan fingerprint density at radius 2 is 1.74 bits per heavy atom. The third kappa shape index (κ3) is 6.43. The number of hydrogen-bond donors (Lipinski definition) is 1. The van der Waals surface area contributed by atoms with Gasteiger partial charge in [-0.15, -0.1) is 0 Å². The van der Waals surface area contributed by atoms with Gasteiger partial charge in [-0.2, -0.15) is 0 Å². The first kappa shape index (κ1) is 19.2. The number of carboxylic acids is 1. The minimum Gasteiger partial charge on any atom is -0.478 e. The fourth-order valence-corrected chi connectivity index (χ4v) is 2.94. The average molecular weight is 320 g/mol. The fourth-order valence-electron chi connectivity index (χ4n) is 2.94. The van der Waals surface area contributed by atoms with Crippen molar-refractivity contribution < 1.29 is 19.4 Å². The van der Waals surface area contributed by atoms with Crippen molar-refractivity contribution in [1.29, 1.82) is 0 Å². The van der Waals surface area contributed by atoms with E-state index < -0.39 is 11.9 Å². The molecule has 4 nitrogen and oxygen atoms in total. The van der Waals surface area contributed by atoms with Gasteiger partial charge in [0.25, 0.3) is 0 Å². The van der Waals surface area contributed by atoms with Crippen LogP contribution in [-0.4, -0.2) is 23.1 Å². The van der Waals surface area contributed by atoms with Crippen molar-refractivity contribution in [2.24, 2.45) is 11.3 Å². The van der Waals surface area contributed by atoms with Gasteiger partial charge in [-0.05, 0) is 42.7 Å². The van der Waals surface area contributed by atoms with Crippen LogP contribution in [0.5, 0.6) is 0 Å². The van der Waals surface area contributed by atoms with Crippen LogP contribution in [0.3, 0.4) is 0 Å². The average Bonchev–Trinajstić information content (AvgIpc) is 2.44. The van der Waals surface area contributed by atoms with Crippen LogP contribution in [0.25, 0.3) is 0 Å². The summed E-state index contributed by atoms with van der Waals surface area (Å²) in [6.45, 7) is 10.7. The summed E-state index contributed by atoms with van der Waals surface area (Å²) in [4.78, 5) is 23.5. The topological polar surface area (TPSA) is 63.6 Å². The summed E-state index contributed by atoms with van der Waals surface area (Å²) in [5.74, 6) is -1.24. The zero-order valence-electron chi connectivity index (χ0n) is 14.8. The van der Waals surface area contributed by atoms with Gasteiger partial charge in [0.15, 0.2) is 0 Å². The van der Waals surface area contributed by atoms with E-state index in [0.29, 0.717) is 5.92 Å². The van der Waals surface area contributed by atoms with Crippen LogP contribution in [-0.2, 0) is 4.74 Å². The predicted octanol–water partition coefficient (Wildman–Crippen LogP) is 4.78. The monoisotopic (exact) mass is 320 g/mol. The molecule has 1 rings (SSSR count). The summed E-state index contributed by atoms with van der Waals surface area (Å²) in [7, 11) is 0. The Morgan fingerprint density at radius 3 is 2.22 bits per heavy atom. The Balaban J connectivity index is 2.76. The fraction of sp³-hybridized carbons (Fsp3) is 0.579. The Labute approximate surface area is 138 Å². The van der Waals surface area contributed by atoms with E-state index in [1.807, 2.05) is 6.92 Å². The number of esters is 1. The molecule has 23 heavy (non-hydrogen) atoms. The van der Waals surface area contributed by atoms with E-state index in [-0.39, 0.29) is 22.6 Å². The molecule has 0 aliphatic carbocycles. The summed E-state index contributed by atoms with van der Waals surface area (Å²) >= 11 is 0. The standard InChI is InChI=1S/C19H28O4/c1-6-14(11-13(2)12-19(3,4)5)23-18(22)16-10-8-7-9-15(16)17(20)21/h7-10,13-14H,6,11-12H2,1-5H3,(H,20,21). The Morgan fingerprint density at radius 1 is 1.17 bits per heavy atom. The molecule has 128 valence electrons. The van der Waals surface area contributed by atoms with E-state index in [2.05, 4.69) is 27.7 Å². The third-order valence-corrected chi connectivity index (χ3v) is 3.73. The zero-order chi connectivity index (χ0) is 17.6. The van der Waals surface area contributed by atoms with Crippen LogP contribution < -0.4 is 0 Å². The predicted molar refractivity (Wildman–Crippen MR) is 90.7 cm³/mol. The second-order valence-electron chi connectivity index (χ2n) is 7.39. The lowest BCUT2D eigenvalue weighted by Gasteiger charge is -2.26. The molecule has 0 saturated heterocycles. The molecule has 0 fully saturated rings.